The van der Waals surface area contributed by atoms with Crippen molar-refractivity contribution < 1.29 is 32.2 Å². The zero-order chi connectivity index (χ0) is 18.3. The maximum Gasteiger partial charge on any atom is 0.417 e. The van der Waals surface area contributed by atoms with E-state index in [0.29, 0.717) is 0 Å². The Kier molecular flexibility index (Phi) is 5.13. The van der Waals surface area contributed by atoms with Crippen molar-refractivity contribution in [3.05, 3.63) is 38.7 Å². The smallest absolute Gasteiger partial charge is 0.417 e. The molecule has 0 amide bonds. The van der Waals surface area contributed by atoms with E-state index in [-0.39, 0.29) is 9.92 Å². The van der Waals surface area contributed by atoms with E-state index in [0.717, 1.165) is 29.3 Å². The first kappa shape index (κ1) is 19.0. The van der Waals surface area contributed by atoms with E-state index in [1.807, 2.05) is 0 Å². The predicted octanol–water partition coefficient (Wildman–Crippen LogP) is 4.82. The summed E-state index contributed by atoms with van der Waals surface area (Å²) in [7, 11) is 0. The number of hydrogen-bond acceptors (Lipinski definition) is 5. The van der Waals surface area contributed by atoms with Gasteiger partial charge in [0.2, 0.25) is 0 Å². The van der Waals surface area contributed by atoms with Crippen LogP contribution in [0, 0.1) is 0 Å². The van der Waals surface area contributed by atoms with Gasteiger partial charge < -0.3 is 9.47 Å². The van der Waals surface area contributed by atoms with E-state index >= 15 is 0 Å². The Labute approximate surface area is 148 Å². The normalized spacial score (nSPS) is 17.4. The Hall–Kier alpha value is -1.38. The number of rotatable bonds is 2. The Balaban J connectivity index is 2.28. The van der Waals surface area contributed by atoms with Crippen LogP contribution in [0.15, 0.2) is 28.0 Å². The molecule has 1 aliphatic rings. The van der Waals surface area contributed by atoms with Crippen LogP contribution < -0.4 is 0 Å². The van der Waals surface area contributed by atoms with Gasteiger partial charge >= 0.3 is 18.1 Å². The molecule has 0 aliphatic carbocycles. The molecule has 0 spiro atoms. The largest absolute Gasteiger partial charge is 0.419 e. The second kappa shape index (κ2) is 6.50. The minimum Gasteiger partial charge on any atom is -0.419 e. The first-order valence-electron chi connectivity index (χ1n) is 6.31. The van der Waals surface area contributed by atoms with Crippen molar-refractivity contribution in [2.75, 3.05) is 0 Å². The van der Waals surface area contributed by atoms with Gasteiger partial charge in [-0.15, -0.1) is 0 Å². The lowest BCUT2D eigenvalue weighted by atomic mass is 10.2. The average Bonchev–Trinajstić information content (AvgIpc) is 2.39. The molecule has 4 nitrogen and oxygen atoms in total. The maximum absolute atomic E-state index is 12.7. The molecule has 1 aromatic rings. The highest BCUT2D eigenvalue weighted by atomic mass is 35.5. The van der Waals surface area contributed by atoms with Crippen LogP contribution in [0.5, 0.6) is 0 Å². The van der Waals surface area contributed by atoms with Crippen LogP contribution in [0.25, 0.3) is 0 Å². The molecule has 1 fully saturated rings. The zero-order valence-corrected chi connectivity index (χ0v) is 14.5. The fourth-order valence-electron chi connectivity index (χ4n) is 1.72. The van der Waals surface area contributed by atoms with Crippen molar-refractivity contribution in [1.29, 1.82) is 0 Å². The summed E-state index contributed by atoms with van der Waals surface area (Å²) in [4.78, 5) is 23.7. The standard InChI is InChI=1S/C14H9Cl2F3O4S/c1-13(2)22-11(20)6(12(21)23-13)5-24-8-4-3-7(14(17,18)19)9(15)10(8)16/h3-5H,1-2H3. The molecular weight excluding hydrogens is 392 g/mol. The Morgan fingerprint density at radius 2 is 1.62 bits per heavy atom. The van der Waals surface area contributed by atoms with Crippen LogP contribution in [-0.4, -0.2) is 17.7 Å². The van der Waals surface area contributed by atoms with Crippen molar-refractivity contribution in [2.24, 2.45) is 0 Å². The number of carbonyl (C=O) groups excluding carboxylic acids is 2. The fraction of sp³-hybridized carbons (Fsp3) is 0.286. The summed E-state index contributed by atoms with van der Waals surface area (Å²) in [5.74, 6) is -3.19. The van der Waals surface area contributed by atoms with E-state index in [4.69, 9.17) is 32.7 Å². The molecule has 0 radical (unpaired) electrons. The monoisotopic (exact) mass is 400 g/mol. The molecular formula is C14H9Cl2F3O4S. The third-order valence-electron chi connectivity index (χ3n) is 2.77. The van der Waals surface area contributed by atoms with Gasteiger partial charge in [-0.05, 0) is 17.5 Å². The van der Waals surface area contributed by atoms with Gasteiger partial charge in [0.25, 0.3) is 5.79 Å². The highest BCUT2D eigenvalue weighted by molar-refractivity contribution is 8.02. The first-order chi connectivity index (χ1) is 10.9. The lowest BCUT2D eigenvalue weighted by molar-refractivity contribution is -0.222. The van der Waals surface area contributed by atoms with Gasteiger partial charge in [0.1, 0.15) is 0 Å². The summed E-state index contributed by atoms with van der Waals surface area (Å²) >= 11 is 12.2. The molecule has 10 heteroatoms. The highest BCUT2D eigenvalue weighted by Gasteiger charge is 2.39. The molecule has 24 heavy (non-hydrogen) atoms. The number of carbonyl (C=O) groups is 2. The van der Waals surface area contributed by atoms with Crippen LogP contribution in [0.1, 0.15) is 19.4 Å². The van der Waals surface area contributed by atoms with Crippen molar-refractivity contribution in [3.63, 3.8) is 0 Å². The van der Waals surface area contributed by atoms with Gasteiger partial charge in [-0.25, -0.2) is 9.59 Å². The van der Waals surface area contributed by atoms with E-state index in [1.54, 1.807) is 0 Å². The minimum absolute atomic E-state index is 0.132. The van der Waals surface area contributed by atoms with Gasteiger partial charge in [-0.2, -0.15) is 13.2 Å². The molecule has 0 unspecified atom stereocenters. The second-order valence-electron chi connectivity index (χ2n) is 5.07. The maximum atomic E-state index is 12.7. The zero-order valence-electron chi connectivity index (χ0n) is 12.2. The molecule has 0 aromatic heterocycles. The second-order valence-corrected chi connectivity index (χ2v) is 6.73. The summed E-state index contributed by atoms with van der Waals surface area (Å²) in [6.07, 6.45) is -4.65. The summed E-state index contributed by atoms with van der Waals surface area (Å²) in [6, 6.07) is 1.85. The average molecular weight is 401 g/mol. The van der Waals surface area contributed by atoms with E-state index in [2.05, 4.69) is 0 Å². The summed E-state index contributed by atoms with van der Waals surface area (Å²) in [5, 5.41) is 0.0822. The molecule has 1 aromatic carbocycles. The lowest BCUT2D eigenvalue weighted by Gasteiger charge is -2.29. The molecule has 0 bridgehead atoms. The Morgan fingerprint density at radius 1 is 1.08 bits per heavy atom. The van der Waals surface area contributed by atoms with Gasteiger partial charge in [0.15, 0.2) is 5.57 Å². The van der Waals surface area contributed by atoms with E-state index < -0.39 is 40.1 Å². The van der Waals surface area contributed by atoms with Crippen molar-refractivity contribution >= 4 is 46.9 Å². The predicted molar refractivity (Wildman–Crippen MR) is 81.7 cm³/mol. The van der Waals surface area contributed by atoms with Crippen molar-refractivity contribution in [2.45, 2.75) is 30.7 Å². The third-order valence-corrected chi connectivity index (χ3v) is 4.71. The number of cyclic esters (lactones) is 2. The Bertz CT molecular complexity index is 722. The summed E-state index contributed by atoms with van der Waals surface area (Å²) < 4.78 is 48.0. The minimum atomic E-state index is -4.65. The summed E-state index contributed by atoms with van der Waals surface area (Å²) in [6.45, 7) is 2.78. The molecule has 0 saturated carbocycles. The number of ether oxygens (including phenoxy) is 2. The van der Waals surface area contributed by atoms with Crippen molar-refractivity contribution in [1.82, 2.24) is 0 Å². The number of alkyl halides is 3. The van der Waals surface area contributed by atoms with Crippen LogP contribution >= 0.6 is 35.0 Å². The Morgan fingerprint density at radius 3 is 2.12 bits per heavy atom. The topological polar surface area (TPSA) is 52.6 Å². The molecule has 1 heterocycles. The molecule has 2 rings (SSSR count). The van der Waals surface area contributed by atoms with Crippen LogP contribution in [-0.2, 0) is 25.2 Å². The molecule has 1 saturated heterocycles. The van der Waals surface area contributed by atoms with Gasteiger partial charge in [0.05, 0.1) is 15.6 Å². The molecule has 1 aliphatic heterocycles. The highest BCUT2D eigenvalue weighted by Crippen LogP contribution is 2.42. The van der Waals surface area contributed by atoms with E-state index in [1.165, 1.54) is 13.8 Å². The first-order valence-corrected chi connectivity index (χ1v) is 7.94. The molecule has 0 atom stereocenters. The van der Waals surface area contributed by atoms with Gasteiger partial charge in [-0.3, -0.25) is 0 Å². The number of thioether (sulfide) groups is 1. The summed E-state index contributed by atoms with van der Waals surface area (Å²) in [5.41, 5.74) is -1.48. The molecule has 130 valence electrons. The lowest BCUT2D eigenvalue weighted by Crippen LogP contribution is -2.41. The number of halogens is 5. The number of esters is 2. The van der Waals surface area contributed by atoms with Crippen molar-refractivity contribution in [3.8, 4) is 0 Å². The van der Waals surface area contributed by atoms with Crippen LogP contribution in [0.4, 0.5) is 13.2 Å². The number of benzene rings is 1. The van der Waals surface area contributed by atoms with Crippen LogP contribution in [0.3, 0.4) is 0 Å². The fourth-order valence-corrected chi connectivity index (χ4v) is 3.14. The quantitative estimate of drug-likeness (QED) is 0.308. The van der Waals surface area contributed by atoms with E-state index in [9.17, 15) is 22.8 Å². The number of hydrogen-bond donors (Lipinski definition) is 0. The van der Waals surface area contributed by atoms with Gasteiger partial charge in [-0.1, -0.05) is 35.0 Å². The molecule has 0 N–H and O–H groups in total. The van der Waals surface area contributed by atoms with Gasteiger partial charge in [0, 0.05) is 18.7 Å². The van der Waals surface area contributed by atoms with Crippen LogP contribution in [0.2, 0.25) is 10.0 Å². The SMILES string of the molecule is CC1(C)OC(=O)C(=CSc2ccc(C(F)(F)F)c(Cl)c2Cl)C(=O)O1. The third kappa shape index (κ3) is 3.99.